The van der Waals surface area contributed by atoms with Crippen LogP contribution in [0.2, 0.25) is 0 Å². The molecule has 0 fully saturated rings. The summed E-state index contributed by atoms with van der Waals surface area (Å²) in [7, 11) is 0. The molecule has 0 saturated heterocycles. The summed E-state index contributed by atoms with van der Waals surface area (Å²) in [4.78, 5) is 12.0. The zero-order valence-electron chi connectivity index (χ0n) is 11.0. The number of hydrogen-bond acceptors (Lipinski definition) is 1. The predicted octanol–water partition coefficient (Wildman–Crippen LogP) is 3.63. The molecule has 1 N–H and O–H groups in total. The molecule has 0 aliphatic heterocycles. The highest BCUT2D eigenvalue weighted by atomic mass is 19.1. The molecule has 1 amide bonds. The Balaban J connectivity index is 2.11. The molecule has 19 heavy (non-hydrogen) atoms. The molecule has 2 nitrogen and oxygen atoms in total. The molecule has 0 unspecified atom stereocenters. The van der Waals surface area contributed by atoms with Crippen LogP contribution in [0.5, 0.6) is 0 Å². The lowest BCUT2D eigenvalue weighted by atomic mass is 10.1. The van der Waals surface area contributed by atoms with Crippen molar-refractivity contribution in [2.45, 2.75) is 19.9 Å². The van der Waals surface area contributed by atoms with Crippen molar-refractivity contribution in [3.05, 3.63) is 71.0 Å². The van der Waals surface area contributed by atoms with Gasteiger partial charge in [-0.1, -0.05) is 36.4 Å². The van der Waals surface area contributed by atoms with Crippen molar-refractivity contribution in [2.24, 2.45) is 0 Å². The first kappa shape index (κ1) is 13.3. The summed E-state index contributed by atoms with van der Waals surface area (Å²) >= 11 is 0. The van der Waals surface area contributed by atoms with Gasteiger partial charge >= 0.3 is 0 Å². The van der Waals surface area contributed by atoms with Crippen LogP contribution in [0.3, 0.4) is 0 Å². The van der Waals surface area contributed by atoms with E-state index in [9.17, 15) is 9.18 Å². The standard InChI is InChI=1S/C16H16FNO/c1-11-8-9-14(10-15(11)17)16(19)18-12(2)13-6-4-3-5-7-13/h3-10,12H,1-2H3,(H,18,19)/t12-/m0/s1. The Morgan fingerprint density at radius 1 is 1.16 bits per heavy atom. The van der Waals surface area contributed by atoms with Crippen molar-refractivity contribution in [3.63, 3.8) is 0 Å². The van der Waals surface area contributed by atoms with E-state index in [0.717, 1.165) is 5.56 Å². The Bertz CT molecular complexity index is 581. The predicted molar refractivity (Wildman–Crippen MR) is 73.5 cm³/mol. The SMILES string of the molecule is Cc1ccc(C(=O)N[C@@H](C)c2ccccc2)cc1F. The minimum atomic E-state index is -0.361. The van der Waals surface area contributed by atoms with Crippen LogP contribution in [-0.2, 0) is 0 Å². The lowest BCUT2D eigenvalue weighted by Crippen LogP contribution is -2.26. The van der Waals surface area contributed by atoms with E-state index in [2.05, 4.69) is 5.32 Å². The van der Waals surface area contributed by atoms with E-state index >= 15 is 0 Å². The molecule has 2 aromatic carbocycles. The third-order valence-electron chi connectivity index (χ3n) is 3.08. The molecule has 0 bridgehead atoms. The van der Waals surface area contributed by atoms with Gasteiger partial charge in [-0.25, -0.2) is 4.39 Å². The van der Waals surface area contributed by atoms with Crippen LogP contribution < -0.4 is 5.32 Å². The highest BCUT2D eigenvalue weighted by Crippen LogP contribution is 2.14. The van der Waals surface area contributed by atoms with Crippen LogP contribution >= 0.6 is 0 Å². The average molecular weight is 257 g/mol. The zero-order valence-corrected chi connectivity index (χ0v) is 11.0. The first-order valence-electron chi connectivity index (χ1n) is 6.20. The van der Waals surface area contributed by atoms with E-state index in [1.54, 1.807) is 19.1 Å². The van der Waals surface area contributed by atoms with Gasteiger partial charge in [-0.05, 0) is 37.1 Å². The molecule has 1 atom stereocenters. The highest BCUT2D eigenvalue weighted by Gasteiger charge is 2.12. The molecular weight excluding hydrogens is 241 g/mol. The van der Waals surface area contributed by atoms with Crippen molar-refractivity contribution in [3.8, 4) is 0 Å². The number of aryl methyl sites for hydroxylation is 1. The first-order chi connectivity index (χ1) is 9.08. The molecule has 0 heterocycles. The zero-order chi connectivity index (χ0) is 13.8. The Morgan fingerprint density at radius 3 is 2.47 bits per heavy atom. The number of halogens is 1. The van der Waals surface area contributed by atoms with Gasteiger partial charge in [0.2, 0.25) is 0 Å². The Morgan fingerprint density at radius 2 is 1.84 bits per heavy atom. The minimum absolute atomic E-state index is 0.113. The van der Waals surface area contributed by atoms with Crippen LogP contribution in [-0.4, -0.2) is 5.91 Å². The monoisotopic (exact) mass is 257 g/mol. The summed E-state index contributed by atoms with van der Waals surface area (Å²) in [6.07, 6.45) is 0. The maximum absolute atomic E-state index is 13.4. The second-order valence-electron chi connectivity index (χ2n) is 4.57. The number of carbonyl (C=O) groups is 1. The molecular formula is C16H16FNO. The van der Waals surface area contributed by atoms with E-state index in [1.807, 2.05) is 37.3 Å². The number of rotatable bonds is 3. The lowest BCUT2D eigenvalue weighted by Gasteiger charge is -2.14. The average Bonchev–Trinajstić information content (AvgIpc) is 2.42. The van der Waals surface area contributed by atoms with Gasteiger partial charge in [0.15, 0.2) is 0 Å². The van der Waals surface area contributed by atoms with E-state index < -0.39 is 0 Å². The van der Waals surface area contributed by atoms with Crippen LogP contribution in [0.1, 0.15) is 34.5 Å². The summed E-state index contributed by atoms with van der Waals surface area (Å²) < 4.78 is 13.4. The van der Waals surface area contributed by atoms with Gasteiger partial charge in [-0.15, -0.1) is 0 Å². The van der Waals surface area contributed by atoms with Crippen molar-refractivity contribution < 1.29 is 9.18 Å². The third-order valence-corrected chi connectivity index (χ3v) is 3.08. The molecule has 0 radical (unpaired) electrons. The fraction of sp³-hybridized carbons (Fsp3) is 0.188. The maximum atomic E-state index is 13.4. The van der Waals surface area contributed by atoms with Crippen LogP contribution in [0.25, 0.3) is 0 Å². The number of amides is 1. The van der Waals surface area contributed by atoms with E-state index in [4.69, 9.17) is 0 Å². The largest absolute Gasteiger partial charge is 0.346 e. The van der Waals surface area contributed by atoms with Gasteiger partial charge in [0, 0.05) is 5.56 Å². The first-order valence-corrected chi connectivity index (χ1v) is 6.20. The summed E-state index contributed by atoms with van der Waals surface area (Å²) in [6, 6.07) is 14.0. The molecule has 2 rings (SSSR count). The molecule has 0 aliphatic carbocycles. The van der Waals surface area contributed by atoms with E-state index in [0.29, 0.717) is 11.1 Å². The highest BCUT2D eigenvalue weighted by molar-refractivity contribution is 5.94. The summed E-state index contributed by atoms with van der Waals surface area (Å²) in [5.41, 5.74) is 1.89. The van der Waals surface area contributed by atoms with Crippen molar-refractivity contribution in [2.75, 3.05) is 0 Å². The molecule has 98 valence electrons. The van der Waals surface area contributed by atoms with Gasteiger partial charge in [0.1, 0.15) is 5.82 Å². The van der Waals surface area contributed by atoms with Crippen LogP contribution in [0, 0.1) is 12.7 Å². The summed E-state index contributed by atoms with van der Waals surface area (Å²) in [6.45, 7) is 3.57. The van der Waals surface area contributed by atoms with E-state index in [1.165, 1.54) is 6.07 Å². The quantitative estimate of drug-likeness (QED) is 0.893. The van der Waals surface area contributed by atoms with Gasteiger partial charge < -0.3 is 5.32 Å². The number of benzene rings is 2. The van der Waals surface area contributed by atoms with Crippen molar-refractivity contribution in [1.82, 2.24) is 5.32 Å². The molecule has 2 aromatic rings. The molecule has 0 aromatic heterocycles. The summed E-state index contributed by atoms with van der Waals surface area (Å²) in [5.74, 6) is -0.629. The number of nitrogens with one attached hydrogen (secondary N) is 1. The topological polar surface area (TPSA) is 29.1 Å². The molecule has 0 aliphatic rings. The van der Waals surface area contributed by atoms with Gasteiger partial charge in [-0.2, -0.15) is 0 Å². The smallest absolute Gasteiger partial charge is 0.251 e. The fourth-order valence-corrected chi connectivity index (χ4v) is 1.84. The van der Waals surface area contributed by atoms with Crippen molar-refractivity contribution >= 4 is 5.91 Å². The Kier molecular flexibility index (Phi) is 3.95. The van der Waals surface area contributed by atoms with Gasteiger partial charge in [0.25, 0.3) is 5.91 Å². The number of carbonyl (C=O) groups excluding carboxylic acids is 1. The normalized spacial score (nSPS) is 11.9. The Labute approximate surface area is 112 Å². The Hall–Kier alpha value is -2.16. The van der Waals surface area contributed by atoms with E-state index in [-0.39, 0.29) is 17.8 Å². The van der Waals surface area contributed by atoms with Gasteiger partial charge in [0.05, 0.1) is 6.04 Å². The lowest BCUT2D eigenvalue weighted by molar-refractivity contribution is 0.0939. The summed E-state index contributed by atoms with van der Waals surface area (Å²) in [5, 5.41) is 2.85. The third kappa shape index (κ3) is 3.19. The second kappa shape index (κ2) is 5.65. The second-order valence-corrected chi connectivity index (χ2v) is 4.57. The molecule has 0 saturated carbocycles. The van der Waals surface area contributed by atoms with Crippen LogP contribution in [0.4, 0.5) is 4.39 Å². The maximum Gasteiger partial charge on any atom is 0.251 e. The van der Waals surface area contributed by atoms with Gasteiger partial charge in [-0.3, -0.25) is 4.79 Å². The number of hydrogen-bond donors (Lipinski definition) is 1. The fourth-order valence-electron chi connectivity index (χ4n) is 1.84. The molecule has 0 spiro atoms. The minimum Gasteiger partial charge on any atom is -0.346 e. The van der Waals surface area contributed by atoms with Crippen molar-refractivity contribution in [1.29, 1.82) is 0 Å². The van der Waals surface area contributed by atoms with Crippen LogP contribution in [0.15, 0.2) is 48.5 Å². The molecule has 3 heteroatoms.